The van der Waals surface area contributed by atoms with Gasteiger partial charge in [0, 0.05) is 37.1 Å². The zero-order valence-electron chi connectivity index (χ0n) is 14.3. The largest absolute Gasteiger partial charge is 0.322 e. The van der Waals surface area contributed by atoms with Gasteiger partial charge in [-0.3, -0.25) is 9.89 Å². The molecule has 0 unspecified atom stereocenters. The molecular formula is C18H18N4O3S. The lowest BCUT2D eigenvalue weighted by atomic mass is 10.1. The van der Waals surface area contributed by atoms with Crippen molar-refractivity contribution < 1.29 is 13.2 Å². The van der Waals surface area contributed by atoms with Crippen molar-refractivity contribution in [2.24, 2.45) is 0 Å². The molecule has 0 aliphatic carbocycles. The molecule has 26 heavy (non-hydrogen) atoms. The number of carbonyl (C=O) groups is 1. The second kappa shape index (κ2) is 7.11. The zero-order chi connectivity index (χ0) is 18.7. The highest BCUT2D eigenvalue weighted by molar-refractivity contribution is 7.89. The molecule has 0 radical (unpaired) electrons. The number of amides is 1. The summed E-state index contributed by atoms with van der Waals surface area (Å²) in [6, 6.07) is 15.0. The van der Waals surface area contributed by atoms with Crippen LogP contribution >= 0.6 is 0 Å². The topological polar surface area (TPSA) is 95.2 Å². The third-order valence-electron chi connectivity index (χ3n) is 3.83. The van der Waals surface area contributed by atoms with Gasteiger partial charge in [-0.2, -0.15) is 5.10 Å². The Morgan fingerprint density at radius 1 is 1.08 bits per heavy atom. The van der Waals surface area contributed by atoms with Gasteiger partial charge in [0.1, 0.15) is 0 Å². The highest BCUT2D eigenvalue weighted by atomic mass is 32.2. The zero-order valence-corrected chi connectivity index (χ0v) is 15.1. The Bertz CT molecular complexity index is 1010. The van der Waals surface area contributed by atoms with Gasteiger partial charge in [-0.1, -0.05) is 12.1 Å². The number of carbonyl (C=O) groups excluding carboxylic acids is 1. The van der Waals surface area contributed by atoms with Crippen molar-refractivity contribution in [3.8, 4) is 11.3 Å². The van der Waals surface area contributed by atoms with E-state index in [0.29, 0.717) is 11.3 Å². The quantitative estimate of drug-likeness (QED) is 0.722. The second-order valence-electron chi connectivity index (χ2n) is 5.82. The summed E-state index contributed by atoms with van der Waals surface area (Å²) in [6.07, 6.45) is 1.66. The summed E-state index contributed by atoms with van der Waals surface area (Å²) in [6.45, 7) is 0. The van der Waals surface area contributed by atoms with Gasteiger partial charge in [0.25, 0.3) is 5.91 Å². The molecule has 0 aliphatic rings. The molecule has 1 aromatic heterocycles. The van der Waals surface area contributed by atoms with E-state index in [9.17, 15) is 13.2 Å². The fourth-order valence-corrected chi connectivity index (χ4v) is 3.28. The van der Waals surface area contributed by atoms with Gasteiger partial charge >= 0.3 is 0 Å². The number of nitrogens with zero attached hydrogens (tertiary/aromatic N) is 2. The molecule has 2 aromatic carbocycles. The average Bonchev–Trinajstić information content (AvgIpc) is 3.16. The van der Waals surface area contributed by atoms with E-state index in [-0.39, 0.29) is 10.8 Å². The molecule has 0 saturated carbocycles. The molecule has 0 aliphatic heterocycles. The predicted octanol–water partition coefficient (Wildman–Crippen LogP) is 2.58. The van der Waals surface area contributed by atoms with Gasteiger partial charge in [0.15, 0.2) is 0 Å². The predicted molar refractivity (Wildman–Crippen MR) is 99.3 cm³/mol. The van der Waals surface area contributed by atoms with Crippen molar-refractivity contribution in [3.05, 3.63) is 66.4 Å². The van der Waals surface area contributed by atoms with E-state index in [1.807, 2.05) is 24.3 Å². The van der Waals surface area contributed by atoms with E-state index in [1.165, 1.54) is 38.4 Å². The average molecular weight is 370 g/mol. The molecule has 7 nitrogen and oxygen atoms in total. The molecule has 0 bridgehead atoms. The SMILES string of the molecule is CN(C)S(=O)(=O)c1ccc(C(=O)Nc2cccc(-c3ccn[nH]3)c2)cc1. The lowest BCUT2D eigenvalue weighted by Crippen LogP contribution is -2.22. The number of aromatic nitrogens is 2. The monoisotopic (exact) mass is 370 g/mol. The second-order valence-corrected chi connectivity index (χ2v) is 7.97. The smallest absolute Gasteiger partial charge is 0.255 e. The molecule has 2 N–H and O–H groups in total. The van der Waals surface area contributed by atoms with Crippen LogP contribution in [0.25, 0.3) is 11.3 Å². The number of aromatic amines is 1. The summed E-state index contributed by atoms with van der Waals surface area (Å²) in [5, 5.41) is 9.59. The third-order valence-corrected chi connectivity index (χ3v) is 5.66. The highest BCUT2D eigenvalue weighted by Gasteiger charge is 2.17. The standard InChI is InChI=1S/C18H18N4O3S/c1-22(2)26(24,25)16-8-6-13(7-9-16)18(23)20-15-5-3-4-14(12-15)17-10-11-19-21-17/h3-12H,1-2H3,(H,19,21)(H,20,23). The van der Waals surface area contributed by atoms with Crippen molar-refractivity contribution in [3.63, 3.8) is 0 Å². The molecule has 0 spiro atoms. The Labute approximate surface area is 151 Å². The molecule has 8 heteroatoms. The lowest BCUT2D eigenvalue weighted by Gasteiger charge is -2.12. The summed E-state index contributed by atoms with van der Waals surface area (Å²) < 4.78 is 25.3. The molecule has 0 saturated heterocycles. The number of hydrogen-bond acceptors (Lipinski definition) is 4. The first-order valence-electron chi connectivity index (χ1n) is 7.82. The van der Waals surface area contributed by atoms with Crippen molar-refractivity contribution in [2.75, 3.05) is 19.4 Å². The van der Waals surface area contributed by atoms with Crippen LogP contribution in [0.4, 0.5) is 5.69 Å². The molecule has 1 heterocycles. The highest BCUT2D eigenvalue weighted by Crippen LogP contribution is 2.21. The first-order valence-corrected chi connectivity index (χ1v) is 9.26. The molecule has 3 aromatic rings. The fraction of sp³-hybridized carbons (Fsp3) is 0.111. The van der Waals surface area contributed by atoms with E-state index in [2.05, 4.69) is 15.5 Å². The molecular weight excluding hydrogens is 352 g/mol. The maximum Gasteiger partial charge on any atom is 0.255 e. The van der Waals surface area contributed by atoms with Crippen LogP contribution in [0.5, 0.6) is 0 Å². The number of anilines is 1. The first-order chi connectivity index (χ1) is 12.4. The van der Waals surface area contributed by atoms with E-state index in [1.54, 1.807) is 12.3 Å². The molecule has 3 rings (SSSR count). The molecule has 0 fully saturated rings. The Morgan fingerprint density at radius 2 is 1.81 bits per heavy atom. The first kappa shape index (κ1) is 17.8. The van der Waals surface area contributed by atoms with Crippen LogP contribution in [0, 0.1) is 0 Å². The minimum Gasteiger partial charge on any atom is -0.322 e. The summed E-state index contributed by atoms with van der Waals surface area (Å²) in [5.41, 5.74) is 2.74. The number of H-pyrrole nitrogens is 1. The normalized spacial score (nSPS) is 11.5. The van der Waals surface area contributed by atoms with Crippen molar-refractivity contribution in [1.29, 1.82) is 0 Å². The van der Waals surface area contributed by atoms with Crippen LogP contribution in [0.3, 0.4) is 0 Å². The van der Waals surface area contributed by atoms with Crippen molar-refractivity contribution >= 4 is 21.6 Å². The number of rotatable bonds is 5. The van der Waals surface area contributed by atoms with Crippen LogP contribution in [0.2, 0.25) is 0 Å². The van der Waals surface area contributed by atoms with Gasteiger partial charge in [-0.15, -0.1) is 0 Å². The summed E-state index contributed by atoms with van der Waals surface area (Å²) in [5.74, 6) is -0.319. The van der Waals surface area contributed by atoms with Gasteiger partial charge in [0.05, 0.1) is 10.6 Å². The van der Waals surface area contributed by atoms with E-state index >= 15 is 0 Å². The maximum absolute atomic E-state index is 12.4. The Hall–Kier alpha value is -2.97. The van der Waals surface area contributed by atoms with Gasteiger partial charge in [-0.25, -0.2) is 12.7 Å². The molecule has 1 amide bonds. The Kier molecular flexibility index (Phi) is 4.88. The van der Waals surface area contributed by atoms with E-state index in [0.717, 1.165) is 15.6 Å². The van der Waals surface area contributed by atoms with Crippen molar-refractivity contribution in [2.45, 2.75) is 4.90 Å². The van der Waals surface area contributed by atoms with Crippen LogP contribution in [0.15, 0.2) is 65.7 Å². The number of benzene rings is 2. The maximum atomic E-state index is 12.4. The van der Waals surface area contributed by atoms with Crippen LogP contribution < -0.4 is 5.32 Å². The third kappa shape index (κ3) is 3.66. The Morgan fingerprint density at radius 3 is 2.42 bits per heavy atom. The van der Waals surface area contributed by atoms with Gasteiger partial charge in [-0.05, 0) is 42.5 Å². The van der Waals surface area contributed by atoms with Crippen LogP contribution in [-0.2, 0) is 10.0 Å². The van der Waals surface area contributed by atoms with Crippen molar-refractivity contribution in [1.82, 2.24) is 14.5 Å². The number of sulfonamides is 1. The summed E-state index contributed by atoms with van der Waals surface area (Å²) in [4.78, 5) is 12.6. The fourth-order valence-electron chi connectivity index (χ4n) is 2.37. The molecule has 134 valence electrons. The number of nitrogens with one attached hydrogen (secondary N) is 2. The number of hydrogen-bond donors (Lipinski definition) is 2. The van der Waals surface area contributed by atoms with Gasteiger partial charge in [0.2, 0.25) is 10.0 Å². The van der Waals surface area contributed by atoms with Gasteiger partial charge < -0.3 is 5.32 Å². The van der Waals surface area contributed by atoms with Crippen LogP contribution in [-0.4, -0.2) is 42.9 Å². The van der Waals surface area contributed by atoms with E-state index < -0.39 is 10.0 Å². The summed E-state index contributed by atoms with van der Waals surface area (Å²) in [7, 11) is -0.595. The lowest BCUT2D eigenvalue weighted by molar-refractivity contribution is 0.102. The minimum absolute atomic E-state index is 0.139. The van der Waals surface area contributed by atoms with E-state index in [4.69, 9.17) is 0 Å². The molecule has 0 atom stereocenters. The Balaban J connectivity index is 1.78. The minimum atomic E-state index is -3.52. The van der Waals surface area contributed by atoms with Crippen LogP contribution in [0.1, 0.15) is 10.4 Å². The summed E-state index contributed by atoms with van der Waals surface area (Å²) >= 11 is 0.